The first-order valence-corrected chi connectivity index (χ1v) is 5.05. The highest BCUT2D eigenvalue weighted by Crippen LogP contribution is 2.06. The SMILES string of the molecule is CCNC(=S)N/[NH+]=C/c1ccc(O)cc1. The van der Waals surface area contributed by atoms with E-state index >= 15 is 0 Å². The maximum absolute atomic E-state index is 9.06. The molecule has 80 valence electrons. The molecule has 0 spiro atoms. The lowest BCUT2D eigenvalue weighted by molar-refractivity contribution is -0.500. The first-order valence-electron chi connectivity index (χ1n) is 4.64. The van der Waals surface area contributed by atoms with Gasteiger partial charge in [-0.25, -0.2) is 0 Å². The summed E-state index contributed by atoms with van der Waals surface area (Å²) in [6.07, 6.45) is 1.75. The number of aromatic hydroxyl groups is 1. The summed E-state index contributed by atoms with van der Waals surface area (Å²) in [5.74, 6) is 0.253. The van der Waals surface area contributed by atoms with Crippen molar-refractivity contribution in [3.8, 4) is 5.75 Å². The van der Waals surface area contributed by atoms with Crippen LogP contribution in [0.5, 0.6) is 5.75 Å². The van der Waals surface area contributed by atoms with E-state index in [0.29, 0.717) is 5.11 Å². The van der Waals surface area contributed by atoms with E-state index in [0.717, 1.165) is 12.1 Å². The Bertz CT molecular complexity index is 348. The van der Waals surface area contributed by atoms with Gasteiger partial charge in [0.1, 0.15) is 5.75 Å². The molecule has 0 aliphatic carbocycles. The monoisotopic (exact) mass is 224 g/mol. The van der Waals surface area contributed by atoms with Crippen molar-refractivity contribution in [2.75, 3.05) is 6.54 Å². The summed E-state index contributed by atoms with van der Waals surface area (Å²) in [4.78, 5) is 0. The van der Waals surface area contributed by atoms with Crippen molar-refractivity contribution in [2.45, 2.75) is 6.92 Å². The number of rotatable bonds is 3. The highest BCUT2D eigenvalue weighted by atomic mass is 32.1. The normalized spacial score (nSPS) is 10.2. The summed E-state index contributed by atoms with van der Waals surface area (Å²) in [7, 11) is 0. The van der Waals surface area contributed by atoms with E-state index in [1.807, 2.05) is 6.92 Å². The van der Waals surface area contributed by atoms with E-state index in [2.05, 4.69) is 15.8 Å². The van der Waals surface area contributed by atoms with Gasteiger partial charge in [-0.2, -0.15) is 0 Å². The van der Waals surface area contributed by atoms with E-state index in [1.54, 1.807) is 30.5 Å². The van der Waals surface area contributed by atoms with Crippen LogP contribution >= 0.6 is 12.2 Å². The summed E-state index contributed by atoms with van der Waals surface area (Å²) in [6, 6.07) is 6.83. The smallest absolute Gasteiger partial charge is 0.223 e. The molecule has 0 heterocycles. The fraction of sp³-hybridized carbons (Fsp3) is 0.200. The quantitative estimate of drug-likeness (QED) is 0.311. The van der Waals surface area contributed by atoms with Crippen molar-refractivity contribution >= 4 is 23.5 Å². The van der Waals surface area contributed by atoms with Gasteiger partial charge in [-0.05, 0) is 43.4 Å². The molecule has 0 aliphatic heterocycles. The minimum Gasteiger partial charge on any atom is -0.508 e. The van der Waals surface area contributed by atoms with Crippen LogP contribution in [0.15, 0.2) is 24.3 Å². The molecule has 1 aromatic rings. The molecule has 0 aliphatic rings. The zero-order valence-electron chi connectivity index (χ0n) is 8.45. The van der Waals surface area contributed by atoms with Gasteiger partial charge in [0, 0.05) is 12.1 Å². The molecule has 0 fully saturated rings. The van der Waals surface area contributed by atoms with Crippen molar-refractivity contribution in [1.29, 1.82) is 0 Å². The minimum atomic E-state index is 0.253. The number of hydrazone groups is 1. The Kier molecular flexibility index (Phi) is 4.56. The predicted octanol–water partition coefficient (Wildman–Crippen LogP) is -0.709. The van der Waals surface area contributed by atoms with Crippen LogP contribution in [0.1, 0.15) is 12.5 Å². The maximum atomic E-state index is 9.06. The largest absolute Gasteiger partial charge is 0.508 e. The van der Waals surface area contributed by atoms with Gasteiger partial charge in [-0.1, -0.05) is 0 Å². The summed E-state index contributed by atoms with van der Waals surface area (Å²) < 4.78 is 0. The van der Waals surface area contributed by atoms with Gasteiger partial charge in [0.15, 0.2) is 6.21 Å². The van der Waals surface area contributed by atoms with Crippen molar-refractivity contribution in [3.63, 3.8) is 0 Å². The first kappa shape index (κ1) is 11.5. The number of nitrogens with one attached hydrogen (secondary N) is 3. The van der Waals surface area contributed by atoms with E-state index in [4.69, 9.17) is 17.3 Å². The standard InChI is InChI=1S/C10H13N3OS/c1-2-11-10(15)13-12-7-8-3-5-9(14)6-4-8/h3-7,14H,2H2,1H3,(H2,11,13,15)/p+1/b12-7+. The molecular formula is C10H14N3OS+. The summed E-state index contributed by atoms with van der Waals surface area (Å²) in [6.45, 7) is 2.75. The number of thiocarbonyl (C=S) groups is 1. The van der Waals surface area contributed by atoms with Crippen LogP contribution in [0, 0.1) is 0 Å². The maximum Gasteiger partial charge on any atom is 0.223 e. The molecule has 4 N–H and O–H groups in total. The molecule has 4 nitrogen and oxygen atoms in total. The Morgan fingerprint density at radius 2 is 2.13 bits per heavy atom. The third-order valence-electron chi connectivity index (χ3n) is 1.65. The Labute approximate surface area is 94.0 Å². The summed E-state index contributed by atoms with van der Waals surface area (Å²) >= 11 is 4.94. The van der Waals surface area contributed by atoms with Crippen LogP contribution in [0.3, 0.4) is 0 Å². The highest BCUT2D eigenvalue weighted by molar-refractivity contribution is 7.80. The van der Waals surface area contributed by atoms with Gasteiger partial charge in [0.05, 0.1) is 0 Å². The van der Waals surface area contributed by atoms with E-state index in [-0.39, 0.29) is 5.75 Å². The van der Waals surface area contributed by atoms with Gasteiger partial charge >= 0.3 is 0 Å². The molecule has 1 aromatic carbocycles. The fourth-order valence-corrected chi connectivity index (χ4v) is 1.16. The fourth-order valence-electron chi connectivity index (χ4n) is 0.960. The van der Waals surface area contributed by atoms with E-state index in [9.17, 15) is 0 Å². The van der Waals surface area contributed by atoms with Gasteiger partial charge < -0.3 is 10.4 Å². The third kappa shape index (κ3) is 4.42. The summed E-state index contributed by atoms with van der Waals surface area (Å²) in [5.41, 5.74) is 3.74. The molecule has 0 aromatic heterocycles. The van der Waals surface area contributed by atoms with Crippen molar-refractivity contribution < 1.29 is 10.2 Å². The molecular weight excluding hydrogens is 210 g/mol. The molecule has 0 unspecified atom stereocenters. The Balaban J connectivity index is 2.44. The molecule has 1 rings (SSSR count). The molecule has 0 saturated heterocycles. The van der Waals surface area contributed by atoms with Crippen LogP contribution in [0.25, 0.3) is 0 Å². The second-order valence-electron chi connectivity index (χ2n) is 2.86. The summed E-state index contributed by atoms with van der Waals surface area (Å²) in [5, 5.41) is 15.4. The lowest BCUT2D eigenvalue weighted by Gasteiger charge is -1.98. The molecule has 0 bridgehead atoms. The highest BCUT2D eigenvalue weighted by Gasteiger charge is 1.94. The molecule has 0 radical (unpaired) electrons. The van der Waals surface area contributed by atoms with Crippen LogP contribution in [-0.4, -0.2) is 23.0 Å². The van der Waals surface area contributed by atoms with Crippen LogP contribution in [-0.2, 0) is 0 Å². The number of benzene rings is 1. The van der Waals surface area contributed by atoms with Crippen LogP contribution in [0.4, 0.5) is 0 Å². The molecule has 0 atom stereocenters. The average Bonchev–Trinajstić information content (AvgIpc) is 2.21. The average molecular weight is 224 g/mol. The molecule has 5 heteroatoms. The number of hydrogen-bond acceptors (Lipinski definition) is 2. The molecule has 15 heavy (non-hydrogen) atoms. The number of hydrogen-bond donors (Lipinski definition) is 4. The Morgan fingerprint density at radius 3 is 2.73 bits per heavy atom. The zero-order chi connectivity index (χ0) is 11.1. The van der Waals surface area contributed by atoms with Gasteiger partial charge in [-0.15, -0.1) is 10.5 Å². The third-order valence-corrected chi connectivity index (χ3v) is 1.90. The van der Waals surface area contributed by atoms with Crippen molar-refractivity contribution in [1.82, 2.24) is 10.7 Å². The molecule has 0 amide bonds. The topological polar surface area (TPSA) is 58.3 Å². The lowest BCUT2D eigenvalue weighted by atomic mass is 10.2. The minimum absolute atomic E-state index is 0.253. The van der Waals surface area contributed by atoms with Crippen molar-refractivity contribution in [3.05, 3.63) is 29.8 Å². The number of phenolic OH excluding ortho intramolecular Hbond substituents is 1. The van der Waals surface area contributed by atoms with Gasteiger partial charge in [-0.3, -0.25) is 0 Å². The molecule has 0 saturated carbocycles. The Hall–Kier alpha value is -1.62. The first-order chi connectivity index (χ1) is 7.22. The number of hydrazine groups is 1. The van der Waals surface area contributed by atoms with E-state index in [1.165, 1.54) is 0 Å². The van der Waals surface area contributed by atoms with Crippen LogP contribution < -0.4 is 15.8 Å². The zero-order valence-corrected chi connectivity index (χ0v) is 9.27. The van der Waals surface area contributed by atoms with Crippen LogP contribution in [0.2, 0.25) is 0 Å². The van der Waals surface area contributed by atoms with E-state index < -0.39 is 0 Å². The van der Waals surface area contributed by atoms with Gasteiger partial charge in [0.2, 0.25) is 5.11 Å². The number of phenols is 1. The second-order valence-corrected chi connectivity index (χ2v) is 3.27. The van der Waals surface area contributed by atoms with Crippen molar-refractivity contribution in [2.24, 2.45) is 0 Å². The second kappa shape index (κ2) is 5.98. The lowest BCUT2D eigenvalue weighted by Crippen LogP contribution is -2.82. The predicted molar refractivity (Wildman–Crippen MR) is 63.6 cm³/mol. The van der Waals surface area contributed by atoms with Gasteiger partial charge in [0.25, 0.3) is 0 Å². The Morgan fingerprint density at radius 1 is 1.47 bits per heavy atom.